The van der Waals surface area contributed by atoms with Crippen LogP contribution in [0.5, 0.6) is 0 Å². The lowest BCUT2D eigenvalue weighted by atomic mass is 9.85. The number of urea groups is 1. The van der Waals surface area contributed by atoms with Crippen molar-refractivity contribution >= 4 is 23.8 Å². The Hall–Kier alpha value is -2.12. The molecule has 8 nitrogen and oxygen atoms in total. The van der Waals surface area contributed by atoms with Gasteiger partial charge in [-0.05, 0) is 11.8 Å². The van der Waals surface area contributed by atoms with E-state index in [2.05, 4.69) is 10.6 Å². The molecule has 0 radical (unpaired) electrons. The van der Waals surface area contributed by atoms with Crippen molar-refractivity contribution in [2.24, 2.45) is 5.41 Å². The van der Waals surface area contributed by atoms with E-state index in [0.29, 0.717) is 13.0 Å². The Balaban J connectivity index is 1.98. The molecule has 1 unspecified atom stereocenters. The maximum absolute atomic E-state index is 12.3. The molecular weight excluding hydrogens is 278 g/mol. The number of aliphatic carboxylic acids is 1. The molecule has 2 heterocycles. The van der Waals surface area contributed by atoms with Crippen molar-refractivity contribution in [3.63, 3.8) is 0 Å². The molecule has 2 saturated heterocycles. The average molecular weight is 297 g/mol. The van der Waals surface area contributed by atoms with Crippen LogP contribution in [0.1, 0.15) is 33.1 Å². The van der Waals surface area contributed by atoms with Crippen LogP contribution < -0.4 is 10.6 Å². The van der Waals surface area contributed by atoms with Crippen LogP contribution >= 0.6 is 0 Å². The number of nitrogens with zero attached hydrogens (tertiary/aromatic N) is 1. The maximum Gasteiger partial charge on any atom is 0.322 e. The molecule has 2 aliphatic heterocycles. The number of carbonyl (C=O) groups is 4. The summed E-state index contributed by atoms with van der Waals surface area (Å²) < 4.78 is 0. The lowest BCUT2D eigenvalue weighted by molar-refractivity contribution is -0.140. The van der Waals surface area contributed by atoms with Gasteiger partial charge in [0, 0.05) is 13.0 Å². The first-order valence-corrected chi connectivity index (χ1v) is 6.77. The zero-order valence-electron chi connectivity index (χ0n) is 12.1. The first-order valence-electron chi connectivity index (χ1n) is 6.77. The third-order valence-electron chi connectivity index (χ3n) is 3.90. The van der Waals surface area contributed by atoms with E-state index in [1.165, 1.54) is 4.90 Å². The zero-order valence-corrected chi connectivity index (χ0v) is 12.1. The standard InChI is InChI=1S/C13H19N3O5/c1-12(2,6-9(18)19)5-8(17)16-4-3-13(7-16)10(20)14-11(21)15-13/h3-7H2,1-2H3,(H,18,19)(H2,14,15,20,21). The topological polar surface area (TPSA) is 116 Å². The van der Waals surface area contributed by atoms with Crippen LogP contribution in [-0.4, -0.2) is 52.4 Å². The van der Waals surface area contributed by atoms with Gasteiger partial charge in [0.05, 0.1) is 13.0 Å². The summed E-state index contributed by atoms with van der Waals surface area (Å²) in [6, 6.07) is -0.541. The molecule has 116 valence electrons. The lowest BCUT2D eigenvalue weighted by Gasteiger charge is -2.26. The summed E-state index contributed by atoms with van der Waals surface area (Å²) in [4.78, 5) is 47.6. The van der Waals surface area contributed by atoms with Crippen LogP contribution in [0.2, 0.25) is 0 Å². The number of imide groups is 1. The van der Waals surface area contributed by atoms with Crippen LogP contribution in [0.3, 0.4) is 0 Å². The lowest BCUT2D eigenvalue weighted by Crippen LogP contribution is -2.49. The van der Waals surface area contributed by atoms with Crippen molar-refractivity contribution in [1.29, 1.82) is 0 Å². The van der Waals surface area contributed by atoms with Gasteiger partial charge in [-0.15, -0.1) is 0 Å². The van der Waals surface area contributed by atoms with Gasteiger partial charge in [0.15, 0.2) is 0 Å². The predicted molar refractivity (Wildman–Crippen MR) is 71.3 cm³/mol. The molecule has 1 atom stereocenters. The summed E-state index contributed by atoms with van der Waals surface area (Å²) in [5.41, 5.74) is -1.68. The van der Waals surface area contributed by atoms with E-state index < -0.39 is 28.9 Å². The quantitative estimate of drug-likeness (QED) is 0.615. The number of amides is 4. The highest BCUT2D eigenvalue weighted by Crippen LogP contribution is 2.30. The fraction of sp³-hybridized carbons (Fsp3) is 0.692. The molecule has 2 rings (SSSR count). The van der Waals surface area contributed by atoms with E-state index in [-0.39, 0.29) is 25.3 Å². The summed E-state index contributed by atoms with van der Waals surface area (Å²) >= 11 is 0. The van der Waals surface area contributed by atoms with Crippen LogP contribution in [0.15, 0.2) is 0 Å². The number of rotatable bonds is 4. The molecule has 2 fully saturated rings. The van der Waals surface area contributed by atoms with Crippen molar-refractivity contribution in [3.8, 4) is 0 Å². The second-order valence-electron chi connectivity index (χ2n) is 6.47. The fourth-order valence-electron chi connectivity index (χ4n) is 2.83. The highest BCUT2D eigenvalue weighted by molar-refractivity contribution is 6.07. The zero-order chi connectivity index (χ0) is 15.8. The van der Waals surface area contributed by atoms with E-state index >= 15 is 0 Å². The molecule has 0 aromatic carbocycles. The predicted octanol–water partition coefficient (Wildman–Crippen LogP) is -0.312. The van der Waals surface area contributed by atoms with Crippen molar-refractivity contribution in [1.82, 2.24) is 15.5 Å². The van der Waals surface area contributed by atoms with Crippen LogP contribution in [-0.2, 0) is 14.4 Å². The Labute approximate surface area is 121 Å². The van der Waals surface area contributed by atoms with Gasteiger partial charge in [0.1, 0.15) is 5.54 Å². The largest absolute Gasteiger partial charge is 0.481 e. The molecule has 0 aromatic rings. The van der Waals surface area contributed by atoms with Crippen molar-refractivity contribution in [2.75, 3.05) is 13.1 Å². The third-order valence-corrected chi connectivity index (χ3v) is 3.90. The first kappa shape index (κ1) is 15.3. The molecular formula is C13H19N3O5. The summed E-state index contributed by atoms with van der Waals surface area (Å²) in [6.45, 7) is 3.94. The second-order valence-corrected chi connectivity index (χ2v) is 6.47. The Morgan fingerprint density at radius 3 is 2.52 bits per heavy atom. The monoisotopic (exact) mass is 297 g/mol. The Morgan fingerprint density at radius 2 is 2.00 bits per heavy atom. The van der Waals surface area contributed by atoms with Gasteiger partial charge in [0.2, 0.25) is 5.91 Å². The van der Waals surface area contributed by atoms with Crippen LogP contribution in [0.4, 0.5) is 4.79 Å². The van der Waals surface area contributed by atoms with Gasteiger partial charge in [-0.2, -0.15) is 0 Å². The number of hydrogen-bond donors (Lipinski definition) is 3. The second kappa shape index (κ2) is 5.01. The number of nitrogens with one attached hydrogen (secondary N) is 2. The average Bonchev–Trinajstić information content (AvgIpc) is 2.82. The summed E-state index contributed by atoms with van der Waals surface area (Å²) in [7, 11) is 0. The van der Waals surface area contributed by atoms with Gasteiger partial charge in [-0.25, -0.2) is 4.79 Å². The molecule has 2 aliphatic rings. The van der Waals surface area contributed by atoms with E-state index in [0.717, 1.165) is 0 Å². The normalized spacial score (nSPS) is 25.1. The highest BCUT2D eigenvalue weighted by Gasteiger charge is 2.51. The third kappa shape index (κ3) is 3.14. The molecule has 8 heteroatoms. The van der Waals surface area contributed by atoms with Crippen LogP contribution in [0, 0.1) is 5.41 Å². The highest BCUT2D eigenvalue weighted by atomic mass is 16.4. The minimum absolute atomic E-state index is 0.0882. The summed E-state index contributed by atoms with van der Waals surface area (Å²) in [5.74, 6) is -1.56. The van der Waals surface area contributed by atoms with Gasteiger partial charge in [-0.3, -0.25) is 19.7 Å². The molecule has 0 aromatic heterocycles. The van der Waals surface area contributed by atoms with Gasteiger partial charge in [-0.1, -0.05) is 13.8 Å². The smallest absolute Gasteiger partial charge is 0.322 e. The number of hydrogen-bond acceptors (Lipinski definition) is 4. The first-order chi connectivity index (χ1) is 9.63. The maximum atomic E-state index is 12.3. The molecule has 1 spiro atoms. The molecule has 0 bridgehead atoms. The van der Waals surface area contributed by atoms with E-state index in [1.807, 2.05) is 0 Å². The molecule has 21 heavy (non-hydrogen) atoms. The van der Waals surface area contributed by atoms with Crippen molar-refractivity contribution in [3.05, 3.63) is 0 Å². The molecule has 0 aliphatic carbocycles. The van der Waals surface area contributed by atoms with Crippen LogP contribution in [0.25, 0.3) is 0 Å². The fourth-order valence-corrected chi connectivity index (χ4v) is 2.83. The van der Waals surface area contributed by atoms with Gasteiger partial charge >= 0.3 is 12.0 Å². The van der Waals surface area contributed by atoms with Crippen molar-refractivity contribution in [2.45, 2.75) is 38.6 Å². The van der Waals surface area contributed by atoms with Gasteiger partial charge < -0.3 is 15.3 Å². The van der Waals surface area contributed by atoms with E-state index in [9.17, 15) is 19.2 Å². The van der Waals surface area contributed by atoms with Crippen molar-refractivity contribution < 1.29 is 24.3 Å². The molecule has 4 amide bonds. The van der Waals surface area contributed by atoms with E-state index in [1.54, 1.807) is 13.8 Å². The number of carboxylic acid groups (broad SMARTS) is 1. The summed E-state index contributed by atoms with van der Waals surface area (Å²) in [5, 5.41) is 13.6. The number of carbonyl (C=O) groups excluding carboxylic acids is 3. The molecule has 3 N–H and O–H groups in total. The SMILES string of the molecule is CC(C)(CC(=O)O)CC(=O)N1CCC2(C1)NC(=O)NC2=O. The summed E-state index contributed by atoms with van der Waals surface area (Å²) in [6.07, 6.45) is 0.357. The number of carboxylic acids is 1. The Morgan fingerprint density at radius 1 is 1.33 bits per heavy atom. The molecule has 0 saturated carbocycles. The minimum Gasteiger partial charge on any atom is -0.481 e. The Bertz CT molecular complexity index is 516. The van der Waals surface area contributed by atoms with E-state index in [4.69, 9.17) is 5.11 Å². The number of likely N-dealkylation sites (tertiary alicyclic amines) is 1. The van der Waals surface area contributed by atoms with Gasteiger partial charge in [0.25, 0.3) is 5.91 Å². The minimum atomic E-state index is -1.02. The Kier molecular flexibility index (Phi) is 3.65.